The molecule has 0 radical (unpaired) electrons. The molecule has 0 aliphatic carbocycles. The highest BCUT2D eigenvalue weighted by atomic mass is 35.5. The maximum Gasteiger partial charge on any atom is 0.335 e. The van der Waals surface area contributed by atoms with Gasteiger partial charge in [-0.3, -0.25) is 9.59 Å². The topological polar surface area (TPSA) is 83.5 Å². The molecule has 1 atom stereocenters. The van der Waals surface area contributed by atoms with Crippen molar-refractivity contribution >= 4 is 63.8 Å². The van der Waals surface area contributed by atoms with Crippen molar-refractivity contribution < 1.29 is 19.5 Å². The van der Waals surface area contributed by atoms with Crippen LogP contribution in [0, 0.1) is 0 Å². The Balaban J connectivity index is 1.89. The van der Waals surface area contributed by atoms with Gasteiger partial charge in [-0.15, -0.1) is 11.3 Å². The summed E-state index contributed by atoms with van der Waals surface area (Å²) in [6.45, 7) is 1.73. The molecule has 1 aromatic heterocycles. The first-order chi connectivity index (χ1) is 14.2. The SMILES string of the molecule is C[C@H](NC(=O)c1c(Cl)sc(Cl)c1C(=O)c1cccc(Cl)c1)c1ccc(C(=O)O)cc1. The molecule has 154 valence electrons. The number of benzene rings is 2. The van der Waals surface area contributed by atoms with E-state index in [4.69, 9.17) is 39.9 Å². The zero-order chi connectivity index (χ0) is 22.0. The minimum atomic E-state index is -1.04. The molecule has 0 saturated heterocycles. The molecule has 0 bridgehead atoms. The number of halogens is 3. The lowest BCUT2D eigenvalue weighted by Gasteiger charge is -2.15. The standard InChI is InChI=1S/C21H14Cl3NO4S/c1-10(11-5-7-12(8-6-11)21(28)29)25-20(27)16-15(18(23)30-19(16)24)17(26)13-3-2-4-14(22)9-13/h2-10H,1H3,(H,25,27)(H,28,29)/t10-/m0/s1. The van der Waals surface area contributed by atoms with Crippen LogP contribution in [0.3, 0.4) is 0 Å². The van der Waals surface area contributed by atoms with E-state index in [1.165, 1.54) is 18.2 Å². The molecular formula is C21H14Cl3NO4S. The highest BCUT2D eigenvalue weighted by Gasteiger charge is 2.28. The van der Waals surface area contributed by atoms with Gasteiger partial charge in [0.25, 0.3) is 5.91 Å². The van der Waals surface area contributed by atoms with Gasteiger partial charge >= 0.3 is 5.97 Å². The molecule has 1 heterocycles. The fraction of sp³-hybridized carbons (Fsp3) is 0.0952. The van der Waals surface area contributed by atoms with E-state index < -0.39 is 23.7 Å². The van der Waals surface area contributed by atoms with Gasteiger partial charge in [0.05, 0.1) is 22.7 Å². The highest BCUT2D eigenvalue weighted by molar-refractivity contribution is 7.20. The van der Waals surface area contributed by atoms with Crippen LogP contribution < -0.4 is 5.32 Å². The number of amides is 1. The molecule has 0 aliphatic heterocycles. The third-order valence-corrected chi connectivity index (χ3v) is 6.21. The van der Waals surface area contributed by atoms with E-state index in [9.17, 15) is 14.4 Å². The Morgan fingerprint density at radius 3 is 2.17 bits per heavy atom. The first-order valence-corrected chi connectivity index (χ1v) is 10.6. The monoisotopic (exact) mass is 481 g/mol. The van der Waals surface area contributed by atoms with Gasteiger partial charge in [-0.05, 0) is 36.8 Å². The lowest BCUT2D eigenvalue weighted by atomic mass is 10.0. The molecule has 0 fully saturated rings. The van der Waals surface area contributed by atoms with E-state index in [-0.39, 0.29) is 30.9 Å². The molecule has 0 aliphatic rings. The first kappa shape index (κ1) is 22.3. The molecule has 30 heavy (non-hydrogen) atoms. The fourth-order valence-corrected chi connectivity index (χ4v) is 4.71. The Bertz CT molecular complexity index is 1140. The molecule has 9 heteroatoms. The number of carboxylic acid groups (broad SMARTS) is 1. The molecule has 2 aromatic carbocycles. The summed E-state index contributed by atoms with van der Waals surface area (Å²) in [5.41, 5.74) is 1.11. The van der Waals surface area contributed by atoms with Crippen molar-refractivity contribution in [2.24, 2.45) is 0 Å². The third kappa shape index (κ3) is 4.68. The number of rotatable bonds is 6. The van der Waals surface area contributed by atoms with Crippen LogP contribution in [0.5, 0.6) is 0 Å². The van der Waals surface area contributed by atoms with Gasteiger partial charge in [0, 0.05) is 10.6 Å². The predicted octanol–water partition coefficient (Wildman–Crippen LogP) is 6.13. The van der Waals surface area contributed by atoms with Gasteiger partial charge in [0.15, 0.2) is 5.78 Å². The molecule has 0 saturated carbocycles. The molecular weight excluding hydrogens is 469 g/mol. The highest BCUT2D eigenvalue weighted by Crippen LogP contribution is 2.38. The summed E-state index contributed by atoms with van der Waals surface area (Å²) in [5.74, 6) is -2.07. The van der Waals surface area contributed by atoms with Gasteiger partial charge in [0.1, 0.15) is 8.67 Å². The minimum Gasteiger partial charge on any atom is -0.478 e. The molecule has 1 amide bonds. The molecule has 3 rings (SSSR count). The number of ketones is 1. The molecule has 5 nitrogen and oxygen atoms in total. The van der Waals surface area contributed by atoms with Crippen molar-refractivity contribution in [3.8, 4) is 0 Å². The van der Waals surface area contributed by atoms with Crippen molar-refractivity contribution in [3.63, 3.8) is 0 Å². The van der Waals surface area contributed by atoms with Crippen LogP contribution in [0.4, 0.5) is 0 Å². The van der Waals surface area contributed by atoms with Crippen LogP contribution >= 0.6 is 46.1 Å². The van der Waals surface area contributed by atoms with E-state index >= 15 is 0 Å². The number of hydrogen-bond donors (Lipinski definition) is 2. The lowest BCUT2D eigenvalue weighted by molar-refractivity contribution is 0.0696. The second kappa shape index (κ2) is 9.18. The van der Waals surface area contributed by atoms with Gasteiger partial charge < -0.3 is 10.4 Å². The van der Waals surface area contributed by atoms with Crippen LogP contribution in [0.25, 0.3) is 0 Å². The van der Waals surface area contributed by atoms with Gasteiger partial charge in [0.2, 0.25) is 0 Å². The predicted molar refractivity (Wildman–Crippen MR) is 119 cm³/mol. The van der Waals surface area contributed by atoms with Crippen molar-refractivity contribution in [3.05, 3.63) is 90.0 Å². The zero-order valence-electron chi connectivity index (χ0n) is 15.4. The second-order valence-electron chi connectivity index (χ2n) is 6.36. The number of nitrogens with one attached hydrogen (secondary N) is 1. The van der Waals surface area contributed by atoms with E-state index in [2.05, 4.69) is 5.32 Å². The summed E-state index contributed by atoms with van der Waals surface area (Å²) in [6, 6.07) is 12.0. The Kier molecular flexibility index (Phi) is 6.83. The van der Waals surface area contributed by atoms with E-state index in [0.717, 1.165) is 11.3 Å². The van der Waals surface area contributed by atoms with Gasteiger partial charge in [-0.2, -0.15) is 0 Å². The summed E-state index contributed by atoms with van der Waals surface area (Å²) >= 11 is 19.3. The summed E-state index contributed by atoms with van der Waals surface area (Å²) in [4.78, 5) is 36.9. The van der Waals surface area contributed by atoms with Crippen molar-refractivity contribution in [1.82, 2.24) is 5.32 Å². The van der Waals surface area contributed by atoms with E-state index in [0.29, 0.717) is 10.6 Å². The van der Waals surface area contributed by atoms with Crippen LogP contribution in [0.2, 0.25) is 13.7 Å². The maximum absolute atomic E-state index is 13.0. The molecule has 0 spiro atoms. The van der Waals surface area contributed by atoms with Crippen LogP contribution in [0.1, 0.15) is 55.2 Å². The number of carbonyl (C=O) groups excluding carboxylic acids is 2. The Labute approximate surface area is 191 Å². The maximum atomic E-state index is 13.0. The average Bonchev–Trinajstić information content (AvgIpc) is 3.01. The smallest absolute Gasteiger partial charge is 0.335 e. The second-order valence-corrected chi connectivity index (χ2v) is 9.02. The summed E-state index contributed by atoms with van der Waals surface area (Å²) in [6.07, 6.45) is 0. The van der Waals surface area contributed by atoms with Crippen LogP contribution in [0.15, 0.2) is 48.5 Å². The third-order valence-electron chi connectivity index (χ3n) is 4.37. The van der Waals surface area contributed by atoms with Crippen molar-refractivity contribution in [2.75, 3.05) is 0 Å². The largest absolute Gasteiger partial charge is 0.478 e. The zero-order valence-corrected chi connectivity index (χ0v) is 18.5. The van der Waals surface area contributed by atoms with Crippen molar-refractivity contribution in [2.45, 2.75) is 13.0 Å². The summed E-state index contributed by atoms with van der Waals surface area (Å²) < 4.78 is 0.199. The number of carboxylic acids is 1. The van der Waals surface area contributed by atoms with E-state index in [1.807, 2.05) is 0 Å². The number of aromatic carboxylic acids is 1. The Hall–Kier alpha value is -2.38. The number of carbonyl (C=O) groups is 3. The Morgan fingerprint density at radius 2 is 1.57 bits per heavy atom. The lowest BCUT2D eigenvalue weighted by Crippen LogP contribution is -2.28. The molecule has 0 unspecified atom stereocenters. The molecule has 2 N–H and O–H groups in total. The van der Waals surface area contributed by atoms with E-state index in [1.54, 1.807) is 37.3 Å². The summed E-state index contributed by atoms with van der Waals surface area (Å²) in [5, 5.41) is 12.1. The van der Waals surface area contributed by atoms with Crippen molar-refractivity contribution in [1.29, 1.82) is 0 Å². The number of hydrogen-bond acceptors (Lipinski definition) is 4. The van der Waals surface area contributed by atoms with Gasteiger partial charge in [-0.25, -0.2) is 4.79 Å². The Morgan fingerprint density at radius 1 is 0.933 bits per heavy atom. The summed E-state index contributed by atoms with van der Waals surface area (Å²) in [7, 11) is 0. The average molecular weight is 483 g/mol. The first-order valence-electron chi connectivity index (χ1n) is 8.61. The quantitative estimate of drug-likeness (QED) is 0.414. The minimum absolute atomic E-state index is 0.00866. The fourth-order valence-electron chi connectivity index (χ4n) is 2.82. The van der Waals surface area contributed by atoms with Crippen LogP contribution in [-0.4, -0.2) is 22.8 Å². The van der Waals surface area contributed by atoms with Gasteiger partial charge in [-0.1, -0.05) is 59.1 Å². The number of thiophene rings is 1. The van der Waals surface area contributed by atoms with Crippen LogP contribution in [-0.2, 0) is 0 Å². The molecule has 3 aromatic rings. The normalized spacial score (nSPS) is 11.7.